The Morgan fingerprint density at radius 2 is 0.915 bits per heavy atom. The first-order chi connectivity index (χ1) is 23.3. The molecule has 0 atom stereocenters. The molecule has 0 bridgehead atoms. The maximum Gasteiger partial charge on any atom is 0.0991 e. The Labute approximate surface area is 276 Å². The average molecular weight is 601 g/mol. The third-order valence-corrected chi connectivity index (χ3v) is 8.35. The minimum Gasteiger partial charge on any atom is -0.311 e. The van der Waals surface area contributed by atoms with E-state index in [1.54, 1.807) is 0 Å². The highest BCUT2D eigenvalue weighted by molar-refractivity contribution is 5.98. The van der Waals surface area contributed by atoms with Gasteiger partial charge >= 0.3 is 0 Å². The first-order valence-electron chi connectivity index (χ1n) is 15.8. The second-order valence-corrected chi connectivity index (χ2v) is 11.3. The standard InChI is InChI=1S/C45H32N2/c46-33-34-24-26-36(27-25-34)42-21-11-10-16-38(42)32-45(35-14-4-1-5-15-35)44-23-13-12-22-43(44)37-28-30-41(31-29-37)47(39-17-6-2-7-18-39)40-19-8-3-9-20-40/h1-32H/b45-32+. The largest absolute Gasteiger partial charge is 0.311 e. The lowest BCUT2D eigenvalue weighted by Crippen LogP contribution is -2.09. The van der Waals surface area contributed by atoms with Gasteiger partial charge < -0.3 is 4.90 Å². The van der Waals surface area contributed by atoms with E-state index in [-0.39, 0.29) is 0 Å². The zero-order valence-electron chi connectivity index (χ0n) is 25.9. The topological polar surface area (TPSA) is 27.0 Å². The van der Waals surface area contributed by atoms with Crippen molar-refractivity contribution in [2.45, 2.75) is 0 Å². The van der Waals surface area contributed by atoms with Crippen molar-refractivity contribution in [2.75, 3.05) is 4.90 Å². The van der Waals surface area contributed by atoms with Crippen molar-refractivity contribution in [2.24, 2.45) is 0 Å². The van der Waals surface area contributed by atoms with E-state index in [0.717, 1.165) is 61.6 Å². The number of hydrogen-bond acceptors (Lipinski definition) is 2. The van der Waals surface area contributed by atoms with Gasteiger partial charge in [0.1, 0.15) is 0 Å². The molecular weight excluding hydrogens is 569 g/mol. The van der Waals surface area contributed by atoms with Gasteiger partial charge in [-0.1, -0.05) is 140 Å². The van der Waals surface area contributed by atoms with Gasteiger partial charge in [-0.15, -0.1) is 0 Å². The number of para-hydroxylation sites is 2. The van der Waals surface area contributed by atoms with Crippen molar-refractivity contribution in [1.82, 2.24) is 0 Å². The van der Waals surface area contributed by atoms with Crippen LogP contribution in [0.15, 0.2) is 188 Å². The fourth-order valence-electron chi connectivity index (χ4n) is 6.06. The van der Waals surface area contributed by atoms with Crippen molar-refractivity contribution in [1.29, 1.82) is 5.26 Å². The minimum absolute atomic E-state index is 0.655. The molecule has 0 amide bonds. The maximum absolute atomic E-state index is 9.33. The zero-order chi connectivity index (χ0) is 31.8. The van der Waals surface area contributed by atoms with Gasteiger partial charge in [0.2, 0.25) is 0 Å². The van der Waals surface area contributed by atoms with E-state index in [0.29, 0.717) is 5.56 Å². The van der Waals surface area contributed by atoms with E-state index >= 15 is 0 Å². The fraction of sp³-hybridized carbons (Fsp3) is 0. The van der Waals surface area contributed by atoms with E-state index < -0.39 is 0 Å². The van der Waals surface area contributed by atoms with Crippen LogP contribution in [0.4, 0.5) is 17.1 Å². The van der Waals surface area contributed by atoms with Crippen molar-refractivity contribution < 1.29 is 0 Å². The lowest BCUT2D eigenvalue weighted by molar-refractivity contribution is 1.28. The summed E-state index contributed by atoms with van der Waals surface area (Å²) in [5.74, 6) is 0. The monoisotopic (exact) mass is 600 g/mol. The predicted molar refractivity (Wildman–Crippen MR) is 197 cm³/mol. The highest BCUT2D eigenvalue weighted by Gasteiger charge is 2.15. The number of hydrogen-bond donors (Lipinski definition) is 0. The van der Waals surface area contributed by atoms with Crippen LogP contribution >= 0.6 is 0 Å². The molecule has 2 heteroatoms. The van der Waals surface area contributed by atoms with Gasteiger partial charge in [0.05, 0.1) is 11.6 Å². The lowest BCUT2D eigenvalue weighted by Gasteiger charge is -2.25. The Bertz CT molecular complexity index is 2120. The van der Waals surface area contributed by atoms with Crippen LogP contribution in [0.1, 0.15) is 22.3 Å². The first-order valence-corrected chi connectivity index (χ1v) is 15.8. The van der Waals surface area contributed by atoms with Crippen LogP contribution in [0.3, 0.4) is 0 Å². The van der Waals surface area contributed by atoms with Crippen LogP contribution in [0.2, 0.25) is 0 Å². The summed E-state index contributed by atoms with van der Waals surface area (Å²) in [5.41, 5.74) is 13.0. The summed E-state index contributed by atoms with van der Waals surface area (Å²) in [6.07, 6.45) is 2.29. The number of nitriles is 1. The molecule has 47 heavy (non-hydrogen) atoms. The van der Waals surface area contributed by atoms with Gasteiger partial charge in [-0.05, 0) is 99.1 Å². The smallest absolute Gasteiger partial charge is 0.0991 e. The summed E-state index contributed by atoms with van der Waals surface area (Å²) in [5, 5.41) is 9.33. The molecule has 222 valence electrons. The molecule has 0 fully saturated rings. The van der Waals surface area contributed by atoms with E-state index in [1.807, 2.05) is 36.4 Å². The average Bonchev–Trinajstić information content (AvgIpc) is 3.16. The Morgan fingerprint density at radius 1 is 0.447 bits per heavy atom. The molecule has 0 saturated carbocycles. The predicted octanol–water partition coefficient (Wildman–Crippen LogP) is 12.0. The normalized spacial score (nSPS) is 11.1. The van der Waals surface area contributed by atoms with Gasteiger partial charge in [-0.25, -0.2) is 0 Å². The highest BCUT2D eigenvalue weighted by atomic mass is 15.1. The molecule has 7 rings (SSSR count). The molecule has 0 unspecified atom stereocenters. The minimum atomic E-state index is 0.655. The Hall–Kier alpha value is -6.43. The number of nitrogens with zero attached hydrogens (tertiary/aromatic N) is 2. The van der Waals surface area contributed by atoms with Crippen LogP contribution < -0.4 is 4.90 Å². The quantitative estimate of drug-likeness (QED) is 0.162. The Kier molecular flexibility index (Phi) is 8.53. The second-order valence-electron chi connectivity index (χ2n) is 11.3. The molecule has 0 heterocycles. The van der Waals surface area contributed by atoms with Gasteiger partial charge in [-0.3, -0.25) is 0 Å². The molecule has 0 radical (unpaired) electrons. The van der Waals surface area contributed by atoms with Crippen molar-refractivity contribution in [3.8, 4) is 28.3 Å². The van der Waals surface area contributed by atoms with E-state index in [4.69, 9.17) is 0 Å². The van der Waals surface area contributed by atoms with Crippen LogP contribution in [0.25, 0.3) is 33.9 Å². The first kappa shape index (κ1) is 29.3. The van der Waals surface area contributed by atoms with Crippen molar-refractivity contribution >= 4 is 28.7 Å². The third-order valence-electron chi connectivity index (χ3n) is 8.35. The van der Waals surface area contributed by atoms with Gasteiger partial charge in [-0.2, -0.15) is 5.26 Å². The number of benzene rings is 7. The molecule has 2 nitrogen and oxygen atoms in total. The van der Waals surface area contributed by atoms with E-state index in [1.165, 1.54) is 0 Å². The van der Waals surface area contributed by atoms with Crippen LogP contribution in [-0.2, 0) is 0 Å². The molecule has 0 saturated heterocycles. The lowest BCUT2D eigenvalue weighted by atomic mass is 9.88. The molecule has 0 aliphatic heterocycles. The summed E-state index contributed by atoms with van der Waals surface area (Å²) in [6.45, 7) is 0. The van der Waals surface area contributed by atoms with Crippen LogP contribution in [0, 0.1) is 11.3 Å². The summed E-state index contributed by atoms with van der Waals surface area (Å²) < 4.78 is 0. The molecule has 7 aromatic carbocycles. The van der Waals surface area contributed by atoms with Crippen molar-refractivity contribution in [3.63, 3.8) is 0 Å². The molecule has 0 spiro atoms. The Balaban J connectivity index is 1.33. The highest BCUT2D eigenvalue weighted by Crippen LogP contribution is 2.39. The summed E-state index contributed by atoms with van der Waals surface area (Å²) in [6, 6.07) is 67.6. The van der Waals surface area contributed by atoms with E-state index in [9.17, 15) is 5.26 Å². The molecule has 0 N–H and O–H groups in total. The summed E-state index contributed by atoms with van der Waals surface area (Å²) >= 11 is 0. The summed E-state index contributed by atoms with van der Waals surface area (Å²) in [4.78, 5) is 2.28. The molecule has 0 aromatic heterocycles. The fourth-order valence-corrected chi connectivity index (χ4v) is 6.06. The molecule has 0 aliphatic carbocycles. The molecule has 0 aliphatic rings. The van der Waals surface area contributed by atoms with Crippen molar-refractivity contribution in [3.05, 3.63) is 210 Å². The zero-order valence-corrected chi connectivity index (χ0v) is 25.9. The summed E-state index contributed by atoms with van der Waals surface area (Å²) in [7, 11) is 0. The number of anilines is 3. The van der Waals surface area contributed by atoms with Crippen LogP contribution in [-0.4, -0.2) is 0 Å². The second kappa shape index (κ2) is 13.7. The van der Waals surface area contributed by atoms with E-state index in [2.05, 4.69) is 169 Å². The SMILES string of the molecule is N#Cc1ccc(-c2ccccc2/C=C(\c2ccccc2)c2ccccc2-c2ccc(N(c3ccccc3)c3ccccc3)cc2)cc1. The maximum atomic E-state index is 9.33. The van der Waals surface area contributed by atoms with Gasteiger partial charge in [0.25, 0.3) is 0 Å². The van der Waals surface area contributed by atoms with Crippen LogP contribution in [0.5, 0.6) is 0 Å². The Morgan fingerprint density at radius 3 is 1.53 bits per heavy atom. The third kappa shape index (κ3) is 6.38. The number of rotatable bonds is 8. The van der Waals surface area contributed by atoms with Gasteiger partial charge in [0.15, 0.2) is 0 Å². The molecule has 7 aromatic rings. The molecular formula is C45H32N2. The van der Waals surface area contributed by atoms with Gasteiger partial charge in [0, 0.05) is 17.1 Å².